The predicted molar refractivity (Wildman–Crippen MR) is 92.8 cm³/mol. The van der Waals surface area contributed by atoms with Crippen LogP contribution < -0.4 is 0 Å². The zero-order chi connectivity index (χ0) is 16.1. The molecule has 1 aromatic carbocycles. The van der Waals surface area contributed by atoms with E-state index in [9.17, 15) is 0 Å². The van der Waals surface area contributed by atoms with Gasteiger partial charge in [-0.05, 0) is 57.8 Å². The van der Waals surface area contributed by atoms with Crippen LogP contribution in [0.15, 0.2) is 36.7 Å². The Labute approximate surface area is 139 Å². The molecule has 0 aliphatic carbocycles. The quantitative estimate of drug-likeness (QED) is 0.783. The number of hydrogen-bond donors (Lipinski definition) is 0. The lowest BCUT2D eigenvalue weighted by Gasteiger charge is -2.16. The monoisotopic (exact) mass is 313 g/mol. The first-order valence-corrected chi connectivity index (χ1v) is 8.62. The smallest absolute Gasteiger partial charge is 0.0674 e. The predicted octanol–water partition coefficient (Wildman–Crippen LogP) is 3.57. The summed E-state index contributed by atoms with van der Waals surface area (Å²) in [5.41, 5.74) is 3.65. The van der Waals surface area contributed by atoms with Crippen LogP contribution in [0.4, 0.5) is 0 Å². The summed E-state index contributed by atoms with van der Waals surface area (Å²) in [5.74, 6) is 0. The van der Waals surface area contributed by atoms with Crippen molar-refractivity contribution in [3.05, 3.63) is 47.8 Å². The third kappa shape index (κ3) is 4.43. The van der Waals surface area contributed by atoms with Gasteiger partial charge >= 0.3 is 0 Å². The molecule has 1 atom stereocenters. The van der Waals surface area contributed by atoms with E-state index in [0.717, 1.165) is 25.4 Å². The third-order valence-electron chi connectivity index (χ3n) is 4.54. The maximum Gasteiger partial charge on any atom is 0.0674 e. The number of aromatic nitrogens is 2. The second kappa shape index (κ2) is 7.75. The molecule has 1 aromatic heterocycles. The average Bonchev–Trinajstić information content (AvgIpc) is 3.20. The van der Waals surface area contributed by atoms with Crippen LogP contribution in [-0.4, -0.2) is 41.0 Å². The van der Waals surface area contributed by atoms with Gasteiger partial charge in [0, 0.05) is 24.9 Å². The molecule has 0 N–H and O–H groups in total. The van der Waals surface area contributed by atoms with Crippen molar-refractivity contribution in [1.29, 1.82) is 0 Å². The van der Waals surface area contributed by atoms with Gasteiger partial charge in [-0.25, -0.2) is 4.68 Å². The fraction of sp³-hybridized carbons (Fsp3) is 0.526. The molecule has 0 spiro atoms. The summed E-state index contributed by atoms with van der Waals surface area (Å²) in [5, 5.41) is 4.51. The average molecular weight is 313 g/mol. The van der Waals surface area contributed by atoms with Gasteiger partial charge in [0.2, 0.25) is 0 Å². The first-order chi connectivity index (χ1) is 11.2. The summed E-state index contributed by atoms with van der Waals surface area (Å²) < 4.78 is 7.66. The van der Waals surface area contributed by atoms with Crippen molar-refractivity contribution in [2.75, 3.05) is 20.2 Å². The number of rotatable bonds is 7. The Hall–Kier alpha value is -1.65. The minimum Gasteiger partial charge on any atom is -0.378 e. The molecule has 2 aromatic rings. The molecular formula is C19H27N3O. The molecule has 1 aliphatic rings. The molecular weight excluding hydrogens is 286 g/mol. The summed E-state index contributed by atoms with van der Waals surface area (Å²) in [4.78, 5) is 2.37. The zero-order valence-corrected chi connectivity index (χ0v) is 14.2. The molecule has 0 amide bonds. The highest BCUT2D eigenvalue weighted by Crippen LogP contribution is 2.17. The van der Waals surface area contributed by atoms with Crippen LogP contribution in [0.3, 0.4) is 0 Å². The van der Waals surface area contributed by atoms with Gasteiger partial charge in [-0.15, -0.1) is 0 Å². The van der Waals surface area contributed by atoms with Gasteiger partial charge in [0.25, 0.3) is 0 Å². The van der Waals surface area contributed by atoms with Gasteiger partial charge in [0.15, 0.2) is 0 Å². The molecule has 0 radical (unpaired) electrons. The van der Waals surface area contributed by atoms with Crippen LogP contribution in [0, 0.1) is 6.92 Å². The topological polar surface area (TPSA) is 30.3 Å². The molecule has 3 rings (SSSR count). The van der Waals surface area contributed by atoms with E-state index < -0.39 is 0 Å². The summed E-state index contributed by atoms with van der Waals surface area (Å²) in [6.45, 7) is 5.12. The Bertz CT molecular complexity index is 617. The molecule has 124 valence electrons. The standard InChI is InChI=1S/C19H27N3O/c1-16-7-3-4-10-19(16)22-15-17(13-20-22)14-21(2)11-5-8-18-9-6-12-23-18/h3-4,7,10,13,15,18H,5-6,8-9,11-12,14H2,1-2H3/t18-/m1/s1. The van der Waals surface area contributed by atoms with Crippen molar-refractivity contribution in [2.45, 2.75) is 45.3 Å². The number of hydrogen-bond acceptors (Lipinski definition) is 3. The number of para-hydroxylation sites is 1. The van der Waals surface area contributed by atoms with E-state index in [1.54, 1.807) is 0 Å². The Morgan fingerprint density at radius 2 is 2.22 bits per heavy atom. The fourth-order valence-electron chi connectivity index (χ4n) is 3.25. The van der Waals surface area contributed by atoms with E-state index in [-0.39, 0.29) is 0 Å². The van der Waals surface area contributed by atoms with Crippen LogP contribution in [0.1, 0.15) is 36.8 Å². The largest absolute Gasteiger partial charge is 0.378 e. The first-order valence-electron chi connectivity index (χ1n) is 8.62. The number of aryl methyl sites for hydroxylation is 1. The molecule has 0 saturated carbocycles. The van der Waals surface area contributed by atoms with Crippen LogP contribution >= 0.6 is 0 Å². The third-order valence-corrected chi connectivity index (χ3v) is 4.54. The summed E-state index contributed by atoms with van der Waals surface area (Å²) >= 11 is 0. The molecule has 4 heteroatoms. The van der Waals surface area contributed by atoms with Crippen molar-refractivity contribution >= 4 is 0 Å². The highest BCUT2D eigenvalue weighted by Gasteiger charge is 2.15. The molecule has 1 saturated heterocycles. The van der Waals surface area contributed by atoms with E-state index in [0.29, 0.717) is 6.10 Å². The molecule has 23 heavy (non-hydrogen) atoms. The van der Waals surface area contributed by atoms with Gasteiger partial charge in [-0.2, -0.15) is 5.10 Å². The Morgan fingerprint density at radius 3 is 3.00 bits per heavy atom. The van der Waals surface area contributed by atoms with Gasteiger partial charge in [-0.3, -0.25) is 0 Å². The van der Waals surface area contributed by atoms with Crippen molar-refractivity contribution in [3.63, 3.8) is 0 Å². The fourth-order valence-corrected chi connectivity index (χ4v) is 3.25. The van der Waals surface area contributed by atoms with Crippen molar-refractivity contribution in [3.8, 4) is 5.69 Å². The van der Waals surface area contributed by atoms with E-state index >= 15 is 0 Å². The van der Waals surface area contributed by atoms with Crippen molar-refractivity contribution < 1.29 is 4.74 Å². The number of ether oxygens (including phenoxy) is 1. The van der Waals surface area contributed by atoms with Crippen LogP contribution in [0.25, 0.3) is 5.69 Å². The zero-order valence-electron chi connectivity index (χ0n) is 14.2. The summed E-state index contributed by atoms with van der Waals surface area (Å²) in [6, 6.07) is 8.34. The molecule has 2 heterocycles. The molecule has 4 nitrogen and oxygen atoms in total. The Kier molecular flexibility index (Phi) is 5.47. The van der Waals surface area contributed by atoms with Crippen molar-refractivity contribution in [2.24, 2.45) is 0 Å². The number of nitrogens with zero attached hydrogens (tertiary/aromatic N) is 3. The second-order valence-electron chi connectivity index (χ2n) is 6.59. The van der Waals surface area contributed by atoms with Crippen LogP contribution in [-0.2, 0) is 11.3 Å². The molecule has 0 bridgehead atoms. The highest BCUT2D eigenvalue weighted by molar-refractivity contribution is 5.39. The summed E-state index contributed by atoms with van der Waals surface area (Å²) in [6.07, 6.45) is 9.49. The molecule has 0 unspecified atom stereocenters. The van der Waals surface area contributed by atoms with Gasteiger partial charge in [0.1, 0.15) is 0 Å². The lowest BCUT2D eigenvalue weighted by molar-refractivity contribution is 0.0995. The highest BCUT2D eigenvalue weighted by atomic mass is 16.5. The van der Waals surface area contributed by atoms with E-state index in [4.69, 9.17) is 4.74 Å². The van der Waals surface area contributed by atoms with Gasteiger partial charge in [0.05, 0.1) is 18.0 Å². The van der Waals surface area contributed by atoms with Crippen molar-refractivity contribution in [1.82, 2.24) is 14.7 Å². The van der Waals surface area contributed by atoms with Gasteiger partial charge < -0.3 is 9.64 Å². The Balaban J connectivity index is 1.49. The lowest BCUT2D eigenvalue weighted by Crippen LogP contribution is -2.20. The normalized spacial score (nSPS) is 18.0. The number of benzene rings is 1. The second-order valence-corrected chi connectivity index (χ2v) is 6.59. The van der Waals surface area contributed by atoms with Crippen LogP contribution in [0.2, 0.25) is 0 Å². The molecule has 1 aliphatic heterocycles. The maximum atomic E-state index is 5.68. The molecule has 1 fully saturated rings. The first kappa shape index (κ1) is 16.2. The lowest BCUT2D eigenvalue weighted by atomic mass is 10.1. The SMILES string of the molecule is Cc1ccccc1-n1cc(CN(C)CCC[C@@H]2CCCO2)cn1. The van der Waals surface area contributed by atoms with Gasteiger partial charge in [-0.1, -0.05) is 18.2 Å². The van der Waals surface area contributed by atoms with E-state index in [2.05, 4.69) is 54.4 Å². The maximum absolute atomic E-state index is 5.68. The minimum atomic E-state index is 0.507. The van der Waals surface area contributed by atoms with E-state index in [1.807, 2.05) is 10.9 Å². The Morgan fingerprint density at radius 1 is 1.35 bits per heavy atom. The summed E-state index contributed by atoms with van der Waals surface area (Å²) in [7, 11) is 2.18. The van der Waals surface area contributed by atoms with Crippen LogP contribution in [0.5, 0.6) is 0 Å². The van der Waals surface area contributed by atoms with E-state index in [1.165, 1.54) is 36.8 Å². The minimum absolute atomic E-state index is 0.507.